The molecule has 0 aliphatic heterocycles. The van der Waals surface area contributed by atoms with Gasteiger partial charge in [0.25, 0.3) is 0 Å². The predicted molar refractivity (Wildman–Crippen MR) is 72.8 cm³/mol. The lowest BCUT2D eigenvalue weighted by Crippen LogP contribution is -1.95. The Morgan fingerprint density at radius 1 is 0.824 bits per heavy atom. The van der Waals surface area contributed by atoms with E-state index in [0.717, 1.165) is 6.42 Å². The van der Waals surface area contributed by atoms with E-state index in [2.05, 4.69) is 18.8 Å². The number of unbranched alkanes of at least 4 members (excludes halogenated alkanes) is 8. The summed E-state index contributed by atoms with van der Waals surface area (Å²) >= 11 is 0. The first-order chi connectivity index (χ1) is 8.41. The molecular weight excluding hydrogens is 212 g/mol. The number of hydrogen-bond acceptors (Lipinski definition) is 2. The van der Waals surface area contributed by atoms with Crippen LogP contribution < -0.4 is 0 Å². The third-order valence-electron chi connectivity index (χ3n) is 2.66. The van der Waals surface area contributed by atoms with E-state index in [1.165, 1.54) is 51.4 Å². The van der Waals surface area contributed by atoms with Gasteiger partial charge in [0, 0.05) is 13.5 Å². The maximum atomic E-state index is 5.07. The Labute approximate surface area is 107 Å². The Morgan fingerprint density at radius 2 is 1.47 bits per heavy atom. The van der Waals surface area contributed by atoms with Crippen molar-refractivity contribution >= 4 is 0 Å². The highest BCUT2D eigenvalue weighted by Gasteiger charge is 1.90. The molecule has 2 heteroatoms. The Morgan fingerprint density at radius 3 is 2.12 bits per heavy atom. The number of rotatable bonds is 11. The van der Waals surface area contributed by atoms with Crippen LogP contribution in [-0.2, 0) is 9.47 Å². The summed E-state index contributed by atoms with van der Waals surface area (Å²) in [6.07, 6.45) is 11.9. The van der Waals surface area contributed by atoms with Crippen LogP contribution in [0.25, 0.3) is 0 Å². The Hall–Kier alpha value is -0.520. The summed E-state index contributed by atoms with van der Waals surface area (Å²) in [6.45, 7) is 3.09. The lowest BCUT2D eigenvalue weighted by Gasteiger charge is -1.99. The molecule has 17 heavy (non-hydrogen) atoms. The molecule has 0 bridgehead atoms. The van der Waals surface area contributed by atoms with Gasteiger partial charge in [-0.25, -0.2) is 0 Å². The molecule has 0 spiro atoms. The third kappa shape index (κ3) is 15.5. The summed E-state index contributed by atoms with van der Waals surface area (Å²) in [5.41, 5.74) is 0. The Balaban J connectivity index is 3.02. The maximum Gasteiger partial charge on any atom is 0.147 e. The van der Waals surface area contributed by atoms with Crippen LogP contribution in [0.4, 0.5) is 0 Å². The molecule has 0 aliphatic carbocycles. The van der Waals surface area contributed by atoms with Crippen LogP contribution in [0.5, 0.6) is 0 Å². The normalized spacial score (nSPS) is 10.0. The van der Waals surface area contributed by atoms with Gasteiger partial charge in [-0.15, -0.1) is 5.92 Å². The van der Waals surface area contributed by atoms with Gasteiger partial charge in [-0.05, 0) is 6.42 Å². The standard InChI is InChI=1S/C15H28O2/c1-3-4-5-6-7-8-9-10-11-12-13-14-17-15-16-2/h3-11,14-15H2,1-2H3. The van der Waals surface area contributed by atoms with Crippen LogP contribution in [0.1, 0.15) is 64.7 Å². The summed E-state index contributed by atoms with van der Waals surface area (Å²) in [7, 11) is 1.62. The van der Waals surface area contributed by atoms with Crippen molar-refractivity contribution in [1.82, 2.24) is 0 Å². The maximum absolute atomic E-state index is 5.07. The first kappa shape index (κ1) is 16.5. The van der Waals surface area contributed by atoms with Crippen LogP contribution in [0.15, 0.2) is 0 Å². The molecule has 0 rings (SSSR count). The van der Waals surface area contributed by atoms with Crippen molar-refractivity contribution in [3.05, 3.63) is 0 Å². The second kappa shape index (κ2) is 15.5. The second-order valence-corrected chi connectivity index (χ2v) is 4.33. The van der Waals surface area contributed by atoms with Crippen LogP contribution in [0.3, 0.4) is 0 Å². The zero-order valence-electron chi connectivity index (χ0n) is 11.6. The summed E-state index contributed by atoms with van der Waals surface area (Å²) < 4.78 is 9.82. The van der Waals surface area contributed by atoms with E-state index < -0.39 is 0 Å². The van der Waals surface area contributed by atoms with Gasteiger partial charge in [-0.3, -0.25) is 0 Å². The van der Waals surface area contributed by atoms with E-state index in [9.17, 15) is 0 Å². The molecular formula is C15H28O2. The molecule has 0 radical (unpaired) electrons. The van der Waals surface area contributed by atoms with E-state index in [4.69, 9.17) is 9.47 Å². The summed E-state index contributed by atoms with van der Waals surface area (Å²) in [4.78, 5) is 0. The minimum absolute atomic E-state index is 0.340. The smallest absolute Gasteiger partial charge is 0.147 e. The first-order valence-electron chi connectivity index (χ1n) is 6.94. The number of hydrogen-bond donors (Lipinski definition) is 0. The predicted octanol–water partition coefficient (Wildman–Crippen LogP) is 4.14. The van der Waals surface area contributed by atoms with E-state index in [1.807, 2.05) is 0 Å². The van der Waals surface area contributed by atoms with Gasteiger partial charge in [0.05, 0.1) is 0 Å². The van der Waals surface area contributed by atoms with Crippen LogP contribution in [-0.4, -0.2) is 20.5 Å². The minimum Gasteiger partial charge on any atom is -0.359 e. The van der Waals surface area contributed by atoms with E-state index in [-0.39, 0.29) is 0 Å². The van der Waals surface area contributed by atoms with Crippen molar-refractivity contribution < 1.29 is 9.47 Å². The van der Waals surface area contributed by atoms with E-state index in [0.29, 0.717) is 13.4 Å². The topological polar surface area (TPSA) is 18.5 Å². The molecule has 0 amide bonds. The second-order valence-electron chi connectivity index (χ2n) is 4.33. The zero-order valence-corrected chi connectivity index (χ0v) is 11.6. The molecule has 0 aromatic heterocycles. The molecule has 0 fully saturated rings. The van der Waals surface area contributed by atoms with Crippen LogP contribution >= 0.6 is 0 Å². The van der Waals surface area contributed by atoms with Gasteiger partial charge in [-0.1, -0.05) is 57.8 Å². The lowest BCUT2D eigenvalue weighted by molar-refractivity contribution is -0.0166. The fraction of sp³-hybridized carbons (Fsp3) is 0.867. The molecule has 0 atom stereocenters. The molecule has 0 saturated carbocycles. The quantitative estimate of drug-likeness (QED) is 0.307. The van der Waals surface area contributed by atoms with Gasteiger partial charge in [0.15, 0.2) is 0 Å². The van der Waals surface area contributed by atoms with E-state index in [1.54, 1.807) is 7.11 Å². The SMILES string of the molecule is CCCCCCCCCCC#CCOCOC. The highest BCUT2D eigenvalue weighted by Crippen LogP contribution is 2.08. The minimum atomic E-state index is 0.340. The molecule has 0 aromatic rings. The zero-order chi connectivity index (χ0) is 12.6. The number of methoxy groups -OCH3 is 1. The Bertz CT molecular complexity index is 191. The molecule has 0 N–H and O–H groups in total. The van der Waals surface area contributed by atoms with Crippen molar-refractivity contribution in [3.63, 3.8) is 0 Å². The first-order valence-corrected chi connectivity index (χ1v) is 6.94. The van der Waals surface area contributed by atoms with Crippen molar-refractivity contribution in [1.29, 1.82) is 0 Å². The highest BCUT2D eigenvalue weighted by molar-refractivity contribution is 4.98. The summed E-state index contributed by atoms with van der Waals surface area (Å²) in [5.74, 6) is 6.11. The fourth-order valence-electron chi connectivity index (χ4n) is 1.66. The van der Waals surface area contributed by atoms with Crippen molar-refractivity contribution in [2.75, 3.05) is 20.5 Å². The lowest BCUT2D eigenvalue weighted by atomic mass is 10.1. The molecule has 0 heterocycles. The van der Waals surface area contributed by atoms with Crippen molar-refractivity contribution in [2.45, 2.75) is 64.7 Å². The summed E-state index contributed by atoms with van der Waals surface area (Å²) in [6, 6.07) is 0. The largest absolute Gasteiger partial charge is 0.359 e. The average Bonchev–Trinajstić information content (AvgIpc) is 2.35. The van der Waals surface area contributed by atoms with Crippen LogP contribution in [0, 0.1) is 11.8 Å². The molecule has 2 nitrogen and oxygen atoms in total. The van der Waals surface area contributed by atoms with Gasteiger partial charge < -0.3 is 9.47 Å². The average molecular weight is 240 g/mol. The van der Waals surface area contributed by atoms with E-state index >= 15 is 0 Å². The third-order valence-corrected chi connectivity index (χ3v) is 2.66. The molecule has 100 valence electrons. The van der Waals surface area contributed by atoms with Gasteiger partial charge >= 0.3 is 0 Å². The van der Waals surface area contributed by atoms with Gasteiger partial charge in [0.1, 0.15) is 13.4 Å². The van der Waals surface area contributed by atoms with Crippen LogP contribution in [0.2, 0.25) is 0 Å². The van der Waals surface area contributed by atoms with Crippen molar-refractivity contribution in [2.24, 2.45) is 0 Å². The molecule has 0 aliphatic rings. The summed E-state index contributed by atoms with van der Waals surface area (Å²) in [5, 5.41) is 0. The number of ether oxygens (including phenoxy) is 2. The van der Waals surface area contributed by atoms with Crippen molar-refractivity contribution in [3.8, 4) is 11.8 Å². The Kier molecular flexibility index (Phi) is 15.0. The van der Waals surface area contributed by atoms with Gasteiger partial charge in [0.2, 0.25) is 0 Å². The highest BCUT2D eigenvalue weighted by atomic mass is 16.7. The monoisotopic (exact) mass is 240 g/mol. The molecule has 0 aromatic carbocycles. The molecule has 0 unspecified atom stereocenters. The van der Waals surface area contributed by atoms with Gasteiger partial charge in [-0.2, -0.15) is 0 Å². The molecule has 0 saturated heterocycles. The fourth-order valence-corrected chi connectivity index (χ4v) is 1.66.